The van der Waals surface area contributed by atoms with Gasteiger partial charge in [-0.2, -0.15) is 0 Å². The normalized spacial score (nSPS) is 11.2. The lowest BCUT2D eigenvalue weighted by Gasteiger charge is -2.09. The molecule has 4 aromatic rings. The SMILES string of the molecule is Cc1ccc2[nH]c3c(CCN=C(N)N)cc(-c4ccc(Cl)c(Cl)c4)cc3c2c1. The average molecular weight is 411 g/mol. The van der Waals surface area contributed by atoms with Crippen LogP contribution in [0.5, 0.6) is 0 Å². The second-order valence-electron chi connectivity index (χ2n) is 6.92. The third kappa shape index (κ3) is 3.53. The number of aromatic nitrogens is 1. The number of nitrogens with two attached hydrogens (primary N) is 2. The van der Waals surface area contributed by atoms with Crippen molar-refractivity contribution in [2.24, 2.45) is 16.5 Å². The van der Waals surface area contributed by atoms with Crippen LogP contribution in [0.3, 0.4) is 0 Å². The Hall–Kier alpha value is -2.69. The Kier molecular flexibility index (Phi) is 4.92. The number of hydrogen-bond donors (Lipinski definition) is 3. The molecule has 0 bridgehead atoms. The van der Waals surface area contributed by atoms with E-state index in [0.29, 0.717) is 16.6 Å². The molecule has 4 nitrogen and oxygen atoms in total. The Bertz CT molecular complexity index is 1220. The molecule has 0 aliphatic rings. The maximum absolute atomic E-state index is 6.25. The molecule has 28 heavy (non-hydrogen) atoms. The lowest BCUT2D eigenvalue weighted by molar-refractivity contribution is 0.968. The van der Waals surface area contributed by atoms with E-state index in [2.05, 4.69) is 47.2 Å². The molecule has 0 fully saturated rings. The Morgan fingerprint density at radius 1 is 0.929 bits per heavy atom. The van der Waals surface area contributed by atoms with Crippen molar-refractivity contribution >= 4 is 51.0 Å². The Morgan fingerprint density at radius 2 is 1.75 bits per heavy atom. The van der Waals surface area contributed by atoms with Gasteiger partial charge in [-0.25, -0.2) is 0 Å². The van der Waals surface area contributed by atoms with Crippen LogP contribution in [-0.4, -0.2) is 17.5 Å². The zero-order valence-electron chi connectivity index (χ0n) is 15.4. The molecule has 0 radical (unpaired) electrons. The van der Waals surface area contributed by atoms with Gasteiger partial charge in [-0.05, 0) is 66.4 Å². The fourth-order valence-electron chi connectivity index (χ4n) is 3.53. The van der Waals surface area contributed by atoms with Crippen molar-refractivity contribution < 1.29 is 0 Å². The van der Waals surface area contributed by atoms with Gasteiger partial charge in [-0.15, -0.1) is 0 Å². The van der Waals surface area contributed by atoms with Crippen molar-refractivity contribution in [3.63, 3.8) is 0 Å². The van der Waals surface area contributed by atoms with E-state index in [4.69, 9.17) is 34.7 Å². The summed E-state index contributed by atoms with van der Waals surface area (Å²) in [5.74, 6) is 0.101. The van der Waals surface area contributed by atoms with Crippen LogP contribution in [0.15, 0.2) is 53.5 Å². The predicted molar refractivity (Wildman–Crippen MR) is 120 cm³/mol. The fourth-order valence-corrected chi connectivity index (χ4v) is 3.83. The maximum atomic E-state index is 6.25. The van der Waals surface area contributed by atoms with Gasteiger partial charge in [0.25, 0.3) is 0 Å². The number of fused-ring (bicyclic) bond motifs is 3. The zero-order chi connectivity index (χ0) is 19.8. The standard InChI is InChI=1S/C22H20Cl2N4/c1-12-2-5-20-16(8-12)17-10-15(13-3-4-18(23)19(24)11-13)9-14(21(17)28-20)6-7-27-22(25)26/h2-5,8-11,28H,6-7H2,1H3,(H4,25,26,27). The van der Waals surface area contributed by atoms with Crippen LogP contribution in [-0.2, 0) is 6.42 Å². The molecule has 0 amide bonds. The van der Waals surface area contributed by atoms with Gasteiger partial charge in [0.15, 0.2) is 5.96 Å². The number of nitrogens with one attached hydrogen (secondary N) is 1. The van der Waals surface area contributed by atoms with Crippen molar-refractivity contribution in [1.29, 1.82) is 0 Å². The second-order valence-corrected chi connectivity index (χ2v) is 7.73. The Morgan fingerprint density at radius 3 is 2.50 bits per heavy atom. The van der Waals surface area contributed by atoms with E-state index in [1.165, 1.54) is 16.3 Å². The molecule has 1 heterocycles. The molecule has 0 atom stereocenters. The lowest BCUT2D eigenvalue weighted by atomic mass is 9.97. The van der Waals surface area contributed by atoms with E-state index in [-0.39, 0.29) is 5.96 Å². The monoisotopic (exact) mass is 410 g/mol. The number of H-pyrrole nitrogens is 1. The number of rotatable bonds is 4. The smallest absolute Gasteiger partial charge is 0.185 e. The van der Waals surface area contributed by atoms with Gasteiger partial charge in [-0.1, -0.05) is 40.9 Å². The molecule has 1 aromatic heterocycles. The molecule has 5 N–H and O–H groups in total. The van der Waals surface area contributed by atoms with Gasteiger partial charge in [0.2, 0.25) is 0 Å². The number of aryl methyl sites for hydroxylation is 1. The van der Waals surface area contributed by atoms with Gasteiger partial charge in [0.05, 0.1) is 10.0 Å². The number of halogens is 2. The molecule has 3 aromatic carbocycles. The van der Waals surface area contributed by atoms with Crippen molar-refractivity contribution in [2.75, 3.05) is 6.54 Å². The minimum absolute atomic E-state index is 0.101. The highest BCUT2D eigenvalue weighted by Crippen LogP contribution is 2.35. The van der Waals surface area contributed by atoms with E-state index >= 15 is 0 Å². The summed E-state index contributed by atoms with van der Waals surface area (Å²) < 4.78 is 0. The minimum Gasteiger partial charge on any atom is -0.370 e. The molecule has 6 heteroatoms. The summed E-state index contributed by atoms with van der Waals surface area (Å²) in [6.07, 6.45) is 0.718. The number of nitrogens with zero attached hydrogens (tertiary/aromatic N) is 1. The van der Waals surface area contributed by atoms with Gasteiger partial charge in [0, 0.05) is 28.4 Å². The van der Waals surface area contributed by atoms with Crippen molar-refractivity contribution in [2.45, 2.75) is 13.3 Å². The number of aromatic amines is 1. The minimum atomic E-state index is 0.101. The molecule has 0 aliphatic carbocycles. The van der Waals surface area contributed by atoms with E-state index in [9.17, 15) is 0 Å². The number of guanidine groups is 1. The van der Waals surface area contributed by atoms with E-state index in [1.807, 2.05) is 18.2 Å². The van der Waals surface area contributed by atoms with E-state index in [1.54, 1.807) is 0 Å². The summed E-state index contributed by atoms with van der Waals surface area (Å²) in [6, 6.07) is 16.5. The largest absolute Gasteiger partial charge is 0.370 e. The number of benzene rings is 3. The first-order valence-electron chi connectivity index (χ1n) is 8.98. The number of aliphatic imine (C=N–C) groups is 1. The van der Waals surface area contributed by atoms with Crippen LogP contribution in [0.25, 0.3) is 32.9 Å². The average Bonchev–Trinajstić information content (AvgIpc) is 3.02. The highest BCUT2D eigenvalue weighted by atomic mass is 35.5. The summed E-state index contributed by atoms with van der Waals surface area (Å²) in [6.45, 7) is 2.62. The highest BCUT2D eigenvalue weighted by Gasteiger charge is 2.12. The molecule has 0 spiro atoms. The Labute approximate surface area is 173 Å². The molecular formula is C22H20Cl2N4. The third-order valence-electron chi connectivity index (χ3n) is 4.87. The van der Waals surface area contributed by atoms with Crippen molar-refractivity contribution in [1.82, 2.24) is 4.98 Å². The predicted octanol–water partition coefficient (Wildman–Crippen LogP) is 5.42. The van der Waals surface area contributed by atoms with Crippen LogP contribution in [0.2, 0.25) is 10.0 Å². The van der Waals surface area contributed by atoms with Crippen molar-refractivity contribution in [3.05, 3.63) is 69.7 Å². The molecule has 0 aliphatic heterocycles. The molecule has 0 unspecified atom stereocenters. The van der Waals surface area contributed by atoms with Crippen LogP contribution >= 0.6 is 23.2 Å². The van der Waals surface area contributed by atoms with Gasteiger partial charge < -0.3 is 16.5 Å². The summed E-state index contributed by atoms with van der Waals surface area (Å²) in [5.41, 5.74) is 17.7. The highest BCUT2D eigenvalue weighted by molar-refractivity contribution is 6.42. The molecule has 142 valence electrons. The van der Waals surface area contributed by atoms with Gasteiger partial charge in [-0.3, -0.25) is 4.99 Å². The van der Waals surface area contributed by atoms with E-state index in [0.717, 1.165) is 34.1 Å². The summed E-state index contributed by atoms with van der Waals surface area (Å²) in [4.78, 5) is 7.70. The first-order chi connectivity index (χ1) is 13.4. The maximum Gasteiger partial charge on any atom is 0.185 e. The Balaban J connectivity index is 1.94. The van der Waals surface area contributed by atoms with Crippen LogP contribution in [0, 0.1) is 6.92 Å². The van der Waals surface area contributed by atoms with Gasteiger partial charge >= 0.3 is 0 Å². The first-order valence-corrected chi connectivity index (χ1v) is 9.74. The van der Waals surface area contributed by atoms with Crippen molar-refractivity contribution in [3.8, 4) is 11.1 Å². The molecule has 0 saturated carbocycles. The topological polar surface area (TPSA) is 80.2 Å². The third-order valence-corrected chi connectivity index (χ3v) is 5.61. The van der Waals surface area contributed by atoms with Crippen LogP contribution in [0.1, 0.15) is 11.1 Å². The quantitative estimate of drug-likeness (QED) is 0.310. The van der Waals surface area contributed by atoms with Crippen LogP contribution < -0.4 is 11.5 Å². The lowest BCUT2D eigenvalue weighted by Crippen LogP contribution is -2.23. The summed E-state index contributed by atoms with van der Waals surface area (Å²) >= 11 is 12.3. The fraction of sp³-hybridized carbons (Fsp3) is 0.136. The second kappa shape index (κ2) is 7.38. The molecule has 0 saturated heterocycles. The molecular weight excluding hydrogens is 391 g/mol. The summed E-state index contributed by atoms with van der Waals surface area (Å²) in [7, 11) is 0. The van der Waals surface area contributed by atoms with Crippen LogP contribution in [0.4, 0.5) is 0 Å². The van der Waals surface area contributed by atoms with Gasteiger partial charge in [0.1, 0.15) is 0 Å². The number of hydrogen-bond acceptors (Lipinski definition) is 1. The summed E-state index contributed by atoms with van der Waals surface area (Å²) in [5, 5.41) is 3.44. The molecule has 4 rings (SSSR count). The zero-order valence-corrected chi connectivity index (χ0v) is 16.9. The van der Waals surface area contributed by atoms with E-state index < -0.39 is 0 Å². The first kappa shape index (κ1) is 18.7.